The smallest absolute Gasteiger partial charge is 0.0661 e. The van der Waals surface area contributed by atoms with Crippen LogP contribution in [0.1, 0.15) is 32.1 Å². The molecule has 0 amide bonds. The van der Waals surface area contributed by atoms with Gasteiger partial charge >= 0.3 is 0 Å². The Morgan fingerprint density at radius 3 is 2.43 bits per heavy atom. The summed E-state index contributed by atoms with van der Waals surface area (Å²) in [6.45, 7) is 0. The minimum absolute atomic E-state index is 0.0276. The van der Waals surface area contributed by atoms with Gasteiger partial charge < -0.3 is 5.11 Å². The van der Waals surface area contributed by atoms with Crippen LogP contribution in [-0.2, 0) is 0 Å². The molecule has 3 atom stereocenters. The van der Waals surface area contributed by atoms with Crippen LogP contribution in [0.3, 0.4) is 0 Å². The second kappa shape index (κ2) is 4.26. The topological polar surface area (TPSA) is 20.2 Å². The van der Waals surface area contributed by atoms with Crippen molar-refractivity contribution in [3.63, 3.8) is 0 Å². The predicted octanol–water partition coefficient (Wildman–Crippen LogP) is 2.98. The molecule has 1 N–H and O–H groups in total. The Labute approximate surface area is 95.4 Å². The highest BCUT2D eigenvalue weighted by atomic mass is 32.2. The van der Waals surface area contributed by atoms with Crippen LogP contribution in [0, 0.1) is 11.8 Å². The van der Waals surface area contributed by atoms with Crippen molar-refractivity contribution in [3.05, 3.63) is 0 Å². The highest BCUT2D eigenvalue weighted by Gasteiger charge is 2.52. The van der Waals surface area contributed by atoms with E-state index in [1.165, 1.54) is 25.7 Å². The van der Waals surface area contributed by atoms with Gasteiger partial charge in [-0.25, -0.2) is 0 Å². The zero-order chi connectivity index (χ0) is 10.2. The van der Waals surface area contributed by atoms with Gasteiger partial charge in [-0.05, 0) is 43.6 Å². The van der Waals surface area contributed by atoms with Gasteiger partial charge in [0.1, 0.15) is 0 Å². The van der Waals surface area contributed by atoms with E-state index in [-0.39, 0.29) is 6.10 Å². The average Bonchev–Trinajstić information content (AvgIpc) is 2.53. The van der Waals surface area contributed by atoms with Gasteiger partial charge in [0.2, 0.25) is 0 Å². The van der Waals surface area contributed by atoms with Gasteiger partial charge in [0, 0.05) is 0 Å². The molecule has 2 aliphatic carbocycles. The third-order valence-corrected chi connectivity index (χ3v) is 7.38. The first-order valence-corrected chi connectivity index (χ1v) is 7.97. The molecule has 2 aliphatic rings. The third kappa shape index (κ3) is 1.61. The summed E-state index contributed by atoms with van der Waals surface area (Å²) in [5.74, 6) is 1.36. The first kappa shape index (κ1) is 11.2. The quantitative estimate of drug-likeness (QED) is 0.739. The van der Waals surface area contributed by atoms with Crippen LogP contribution in [0.15, 0.2) is 0 Å². The number of hydrogen-bond donors (Lipinski definition) is 1. The largest absolute Gasteiger partial charge is 0.393 e. The minimum Gasteiger partial charge on any atom is -0.393 e. The van der Waals surface area contributed by atoms with Crippen LogP contribution in [0.25, 0.3) is 0 Å². The number of aliphatic hydroxyl groups excluding tert-OH is 1. The Hall–Kier alpha value is 0.660. The lowest BCUT2D eigenvalue weighted by molar-refractivity contribution is 0.0962. The fourth-order valence-corrected chi connectivity index (χ4v) is 5.85. The maximum Gasteiger partial charge on any atom is 0.0661 e. The van der Waals surface area contributed by atoms with Crippen LogP contribution < -0.4 is 0 Å². The number of aliphatic hydroxyl groups is 1. The molecule has 0 aromatic heterocycles. The normalized spacial score (nSPS) is 40.9. The average molecular weight is 232 g/mol. The Bertz CT molecular complexity index is 203. The highest BCUT2D eigenvalue weighted by Crippen LogP contribution is 2.58. The number of hydrogen-bond acceptors (Lipinski definition) is 3. The molecule has 14 heavy (non-hydrogen) atoms. The maximum absolute atomic E-state index is 10.1. The molecule has 0 saturated heterocycles. The Kier molecular flexibility index (Phi) is 3.40. The molecule has 0 heterocycles. The van der Waals surface area contributed by atoms with Crippen LogP contribution in [0.2, 0.25) is 0 Å². The lowest BCUT2D eigenvalue weighted by Gasteiger charge is -2.36. The number of fused-ring (bicyclic) bond motifs is 1. The fourth-order valence-electron chi connectivity index (χ4n) is 3.31. The summed E-state index contributed by atoms with van der Waals surface area (Å²) in [4.78, 5) is 0. The van der Waals surface area contributed by atoms with E-state index in [0.29, 0.717) is 10.00 Å². The second-order valence-corrected chi connectivity index (χ2v) is 7.08. The van der Waals surface area contributed by atoms with Crippen molar-refractivity contribution in [1.29, 1.82) is 0 Å². The van der Waals surface area contributed by atoms with Crippen molar-refractivity contribution < 1.29 is 5.11 Å². The zero-order valence-electron chi connectivity index (χ0n) is 9.03. The molecule has 82 valence electrons. The molecule has 2 fully saturated rings. The maximum atomic E-state index is 10.1. The molecule has 0 aromatic rings. The van der Waals surface area contributed by atoms with Crippen molar-refractivity contribution in [2.75, 3.05) is 12.5 Å². The van der Waals surface area contributed by atoms with Gasteiger partial charge in [-0.2, -0.15) is 0 Å². The molecule has 2 rings (SSSR count). The predicted molar refractivity (Wildman–Crippen MR) is 65.8 cm³/mol. The van der Waals surface area contributed by atoms with E-state index < -0.39 is 0 Å². The molecule has 2 saturated carbocycles. The zero-order valence-corrected chi connectivity index (χ0v) is 10.7. The summed E-state index contributed by atoms with van der Waals surface area (Å²) in [5, 5.41) is 10.1. The van der Waals surface area contributed by atoms with Crippen molar-refractivity contribution >= 4 is 23.5 Å². The van der Waals surface area contributed by atoms with Crippen molar-refractivity contribution in [2.24, 2.45) is 11.8 Å². The van der Waals surface area contributed by atoms with E-state index >= 15 is 0 Å². The SMILES string of the molecule is CSC1(SC)CC(O)[C@H]2CCCC[C@H]21. The molecule has 0 spiro atoms. The Balaban J connectivity index is 2.20. The summed E-state index contributed by atoms with van der Waals surface area (Å²) < 4.78 is 0.324. The van der Waals surface area contributed by atoms with E-state index in [1.807, 2.05) is 23.5 Å². The number of thioether (sulfide) groups is 2. The van der Waals surface area contributed by atoms with Gasteiger partial charge in [-0.15, -0.1) is 23.5 Å². The molecule has 0 aliphatic heterocycles. The molecular weight excluding hydrogens is 212 g/mol. The minimum atomic E-state index is -0.0276. The Morgan fingerprint density at radius 2 is 1.79 bits per heavy atom. The summed E-state index contributed by atoms with van der Waals surface area (Å²) in [6.07, 6.45) is 10.7. The van der Waals surface area contributed by atoms with Crippen LogP contribution in [-0.4, -0.2) is 27.8 Å². The summed E-state index contributed by atoms with van der Waals surface area (Å²) >= 11 is 3.94. The summed E-state index contributed by atoms with van der Waals surface area (Å²) in [7, 11) is 0. The Morgan fingerprint density at radius 1 is 1.14 bits per heavy atom. The lowest BCUT2D eigenvalue weighted by Crippen LogP contribution is -2.30. The van der Waals surface area contributed by atoms with Crippen molar-refractivity contribution in [1.82, 2.24) is 0 Å². The molecule has 1 nitrogen and oxygen atoms in total. The van der Waals surface area contributed by atoms with Gasteiger partial charge in [0.05, 0.1) is 10.2 Å². The van der Waals surface area contributed by atoms with Crippen LogP contribution in [0.4, 0.5) is 0 Å². The van der Waals surface area contributed by atoms with Crippen LogP contribution >= 0.6 is 23.5 Å². The first-order chi connectivity index (χ1) is 6.73. The first-order valence-electron chi connectivity index (χ1n) is 5.52. The van der Waals surface area contributed by atoms with E-state index in [9.17, 15) is 5.11 Å². The second-order valence-electron chi connectivity index (χ2n) is 4.55. The van der Waals surface area contributed by atoms with Gasteiger partial charge in [-0.1, -0.05) is 12.8 Å². The molecule has 0 radical (unpaired) electrons. The molecule has 0 aromatic carbocycles. The fraction of sp³-hybridized carbons (Fsp3) is 1.00. The van der Waals surface area contributed by atoms with E-state index in [4.69, 9.17) is 0 Å². The number of rotatable bonds is 2. The van der Waals surface area contributed by atoms with E-state index in [1.54, 1.807) is 0 Å². The summed E-state index contributed by atoms with van der Waals surface area (Å²) in [6, 6.07) is 0. The molecule has 0 bridgehead atoms. The highest BCUT2D eigenvalue weighted by molar-refractivity contribution is 8.17. The van der Waals surface area contributed by atoms with Gasteiger partial charge in [0.15, 0.2) is 0 Å². The van der Waals surface area contributed by atoms with Crippen LogP contribution in [0.5, 0.6) is 0 Å². The molecule has 1 unspecified atom stereocenters. The van der Waals surface area contributed by atoms with Gasteiger partial charge in [0.25, 0.3) is 0 Å². The molecule has 3 heteroatoms. The van der Waals surface area contributed by atoms with E-state index in [2.05, 4.69) is 12.5 Å². The van der Waals surface area contributed by atoms with Crippen molar-refractivity contribution in [3.8, 4) is 0 Å². The lowest BCUT2D eigenvalue weighted by atomic mass is 9.81. The van der Waals surface area contributed by atoms with E-state index in [0.717, 1.165) is 12.3 Å². The van der Waals surface area contributed by atoms with Crippen molar-refractivity contribution in [2.45, 2.75) is 42.3 Å². The molecular formula is C11H20OS2. The van der Waals surface area contributed by atoms with Gasteiger partial charge in [-0.3, -0.25) is 0 Å². The standard InChI is InChI=1S/C11H20OS2/c1-13-11(14-2)7-10(12)8-5-3-4-6-9(8)11/h8-10,12H,3-7H2,1-2H3/t8-,9+,10?/m0/s1. The monoisotopic (exact) mass is 232 g/mol. The third-order valence-electron chi connectivity index (χ3n) is 4.06. The summed E-state index contributed by atoms with van der Waals surface area (Å²) in [5.41, 5.74) is 0.